The molecule has 0 bridgehead atoms. The van der Waals surface area contributed by atoms with E-state index >= 15 is 0 Å². The summed E-state index contributed by atoms with van der Waals surface area (Å²) < 4.78 is 33.3. The Balaban J connectivity index is 1.65. The van der Waals surface area contributed by atoms with Crippen LogP contribution in [0.4, 0.5) is 11.4 Å². The third-order valence-electron chi connectivity index (χ3n) is 4.43. The number of carbonyl (C=O) groups is 1. The number of hydrogen-bond acceptors (Lipinski definition) is 4. The fourth-order valence-corrected chi connectivity index (χ4v) is 4.29. The van der Waals surface area contributed by atoms with Crippen molar-refractivity contribution in [1.29, 1.82) is 0 Å². The molecule has 8 heteroatoms. The lowest BCUT2D eigenvalue weighted by Crippen LogP contribution is -2.30. The van der Waals surface area contributed by atoms with Crippen molar-refractivity contribution < 1.29 is 17.9 Å². The number of para-hydroxylation sites is 1. The lowest BCUT2D eigenvalue weighted by Gasteiger charge is -2.16. The van der Waals surface area contributed by atoms with Crippen LogP contribution >= 0.6 is 11.6 Å². The van der Waals surface area contributed by atoms with Crippen LogP contribution in [0.15, 0.2) is 71.6 Å². The second-order valence-electron chi connectivity index (χ2n) is 7.18. The van der Waals surface area contributed by atoms with E-state index in [0.717, 1.165) is 11.1 Å². The van der Waals surface area contributed by atoms with Crippen LogP contribution in [-0.4, -0.2) is 20.4 Å². The van der Waals surface area contributed by atoms with Crippen molar-refractivity contribution in [2.24, 2.45) is 0 Å². The monoisotopic (exact) mass is 458 g/mol. The van der Waals surface area contributed by atoms with E-state index in [4.69, 9.17) is 16.3 Å². The summed E-state index contributed by atoms with van der Waals surface area (Å²) in [7, 11) is -3.82. The largest absolute Gasteiger partial charge is 0.481 e. The summed E-state index contributed by atoms with van der Waals surface area (Å²) in [6.07, 6.45) is -0.730. The molecule has 0 radical (unpaired) electrons. The van der Waals surface area contributed by atoms with E-state index in [0.29, 0.717) is 22.1 Å². The lowest BCUT2D eigenvalue weighted by atomic mass is 10.1. The molecule has 0 aliphatic rings. The molecule has 0 heterocycles. The van der Waals surface area contributed by atoms with Crippen molar-refractivity contribution >= 4 is 38.9 Å². The zero-order chi connectivity index (χ0) is 22.6. The molecule has 0 unspecified atom stereocenters. The van der Waals surface area contributed by atoms with Gasteiger partial charge in [-0.15, -0.1) is 0 Å². The first-order valence-corrected chi connectivity index (χ1v) is 11.4. The van der Waals surface area contributed by atoms with Crippen LogP contribution in [0.2, 0.25) is 5.02 Å². The predicted molar refractivity (Wildman–Crippen MR) is 123 cm³/mol. The van der Waals surface area contributed by atoms with Crippen LogP contribution in [0.5, 0.6) is 5.75 Å². The standard InChI is InChI=1S/C23H23ClN2O4S/c1-15-12-16(2)14-19(13-15)30-17(3)23(27)25-18-8-10-20(11-9-18)31(28,29)26-22-7-5-4-6-21(22)24/h4-14,17,26H,1-3H3,(H,25,27)/t17-/m1/s1. The fraction of sp³-hybridized carbons (Fsp3) is 0.174. The molecule has 3 rings (SSSR count). The van der Waals surface area contributed by atoms with Gasteiger partial charge >= 0.3 is 0 Å². The van der Waals surface area contributed by atoms with Gasteiger partial charge in [-0.3, -0.25) is 9.52 Å². The minimum atomic E-state index is -3.82. The molecule has 1 amide bonds. The number of halogens is 1. The number of hydrogen-bond donors (Lipinski definition) is 2. The topological polar surface area (TPSA) is 84.5 Å². The molecule has 0 aromatic heterocycles. The molecule has 3 aromatic carbocycles. The Morgan fingerprint density at radius 3 is 2.19 bits per heavy atom. The second kappa shape index (κ2) is 9.41. The number of aryl methyl sites for hydroxylation is 2. The van der Waals surface area contributed by atoms with E-state index in [-0.39, 0.29) is 10.8 Å². The normalized spacial score (nSPS) is 12.1. The van der Waals surface area contributed by atoms with Crippen LogP contribution in [-0.2, 0) is 14.8 Å². The number of carbonyl (C=O) groups excluding carboxylic acids is 1. The van der Waals surface area contributed by atoms with E-state index in [2.05, 4.69) is 10.0 Å². The molecule has 3 aromatic rings. The van der Waals surface area contributed by atoms with E-state index < -0.39 is 16.1 Å². The molecule has 6 nitrogen and oxygen atoms in total. The summed E-state index contributed by atoms with van der Waals surface area (Å²) in [5.41, 5.74) is 2.84. The van der Waals surface area contributed by atoms with Crippen LogP contribution in [0.3, 0.4) is 0 Å². The number of nitrogens with one attached hydrogen (secondary N) is 2. The van der Waals surface area contributed by atoms with Crippen molar-refractivity contribution in [3.8, 4) is 5.75 Å². The van der Waals surface area contributed by atoms with Gasteiger partial charge in [0, 0.05) is 5.69 Å². The average molecular weight is 459 g/mol. The SMILES string of the molecule is Cc1cc(C)cc(O[C@H](C)C(=O)Nc2ccc(S(=O)(=O)Nc3ccccc3Cl)cc2)c1. The summed E-state index contributed by atoms with van der Waals surface area (Å²) in [5.74, 6) is 0.274. The highest BCUT2D eigenvalue weighted by molar-refractivity contribution is 7.92. The van der Waals surface area contributed by atoms with E-state index in [9.17, 15) is 13.2 Å². The number of ether oxygens (including phenoxy) is 1. The average Bonchev–Trinajstić information content (AvgIpc) is 2.69. The molecule has 0 fully saturated rings. The smallest absolute Gasteiger partial charge is 0.265 e. The van der Waals surface area contributed by atoms with Crippen molar-refractivity contribution in [3.63, 3.8) is 0 Å². The minimum absolute atomic E-state index is 0.0463. The summed E-state index contributed by atoms with van der Waals surface area (Å²) >= 11 is 6.02. The number of sulfonamides is 1. The Morgan fingerprint density at radius 1 is 0.968 bits per heavy atom. The van der Waals surface area contributed by atoms with Crippen molar-refractivity contribution in [2.45, 2.75) is 31.8 Å². The van der Waals surface area contributed by atoms with Gasteiger partial charge in [-0.05, 0) is 80.4 Å². The zero-order valence-corrected chi connectivity index (χ0v) is 18.9. The highest BCUT2D eigenvalue weighted by Crippen LogP contribution is 2.25. The van der Waals surface area contributed by atoms with Gasteiger partial charge in [-0.1, -0.05) is 29.8 Å². The maximum atomic E-state index is 12.6. The van der Waals surface area contributed by atoms with Crippen LogP contribution < -0.4 is 14.8 Å². The lowest BCUT2D eigenvalue weighted by molar-refractivity contribution is -0.122. The van der Waals surface area contributed by atoms with E-state index in [1.165, 1.54) is 24.3 Å². The van der Waals surface area contributed by atoms with Gasteiger partial charge in [0.15, 0.2) is 6.10 Å². The van der Waals surface area contributed by atoms with Gasteiger partial charge in [0.25, 0.3) is 15.9 Å². The fourth-order valence-electron chi connectivity index (χ4n) is 2.97. The summed E-state index contributed by atoms with van der Waals surface area (Å²) in [6, 6.07) is 18.2. The Labute approximate surface area is 187 Å². The van der Waals surface area contributed by atoms with Gasteiger partial charge in [0.2, 0.25) is 0 Å². The first kappa shape index (κ1) is 22.7. The van der Waals surface area contributed by atoms with E-state index in [1.54, 1.807) is 31.2 Å². The third kappa shape index (κ3) is 5.99. The van der Waals surface area contributed by atoms with Gasteiger partial charge in [0.05, 0.1) is 15.6 Å². The van der Waals surface area contributed by atoms with Crippen molar-refractivity contribution in [3.05, 3.63) is 82.9 Å². The Kier molecular flexibility index (Phi) is 6.87. The highest BCUT2D eigenvalue weighted by atomic mass is 35.5. The highest BCUT2D eigenvalue weighted by Gasteiger charge is 2.18. The van der Waals surface area contributed by atoms with Crippen molar-refractivity contribution in [1.82, 2.24) is 0 Å². The Morgan fingerprint density at radius 2 is 1.58 bits per heavy atom. The molecule has 31 heavy (non-hydrogen) atoms. The molecular weight excluding hydrogens is 436 g/mol. The molecule has 162 valence electrons. The first-order chi connectivity index (χ1) is 14.6. The second-order valence-corrected chi connectivity index (χ2v) is 9.27. The number of anilines is 2. The van der Waals surface area contributed by atoms with Crippen LogP contribution in [0, 0.1) is 13.8 Å². The number of rotatable bonds is 7. The molecule has 0 saturated carbocycles. The summed E-state index contributed by atoms with van der Waals surface area (Å²) in [5, 5.41) is 3.03. The molecule has 1 atom stereocenters. The molecule has 0 aliphatic heterocycles. The van der Waals surface area contributed by atoms with Gasteiger partial charge in [-0.2, -0.15) is 0 Å². The van der Waals surface area contributed by atoms with Crippen molar-refractivity contribution in [2.75, 3.05) is 10.0 Å². The van der Waals surface area contributed by atoms with Crippen LogP contribution in [0.1, 0.15) is 18.1 Å². The summed E-state index contributed by atoms with van der Waals surface area (Å²) in [6.45, 7) is 5.57. The van der Waals surface area contributed by atoms with Gasteiger partial charge in [-0.25, -0.2) is 8.42 Å². The quantitative estimate of drug-likeness (QED) is 0.512. The number of amides is 1. The van der Waals surface area contributed by atoms with Gasteiger partial charge < -0.3 is 10.1 Å². The molecule has 2 N–H and O–H groups in total. The Hall–Kier alpha value is -3.03. The summed E-state index contributed by atoms with van der Waals surface area (Å²) in [4.78, 5) is 12.5. The number of benzene rings is 3. The van der Waals surface area contributed by atoms with Gasteiger partial charge in [0.1, 0.15) is 5.75 Å². The maximum absolute atomic E-state index is 12.6. The third-order valence-corrected chi connectivity index (χ3v) is 6.14. The first-order valence-electron chi connectivity index (χ1n) is 9.57. The van der Waals surface area contributed by atoms with Crippen LogP contribution in [0.25, 0.3) is 0 Å². The minimum Gasteiger partial charge on any atom is -0.481 e. The Bertz CT molecular complexity index is 1170. The zero-order valence-electron chi connectivity index (χ0n) is 17.3. The predicted octanol–water partition coefficient (Wildman–Crippen LogP) is 5.16. The maximum Gasteiger partial charge on any atom is 0.265 e. The molecule has 0 saturated heterocycles. The molecule has 0 spiro atoms. The van der Waals surface area contributed by atoms with E-state index in [1.807, 2.05) is 32.0 Å². The molecule has 0 aliphatic carbocycles. The molecular formula is C23H23ClN2O4S.